The number of aromatic nitrogens is 1. The molecule has 6 heterocycles. The summed E-state index contributed by atoms with van der Waals surface area (Å²) in [4.78, 5) is 52.6. The highest BCUT2D eigenvalue weighted by Gasteiger charge is 2.80. The molecule has 320 valence electrons. The Hall–Kier alpha value is -4.79. The molecule has 14 heteroatoms. The van der Waals surface area contributed by atoms with E-state index in [1.165, 1.54) is 28.3 Å². The number of hydrogen-bond donors (Lipinski definition) is 2. The molecule has 1 saturated heterocycles. The summed E-state index contributed by atoms with van der Waals surface area (Å²) in [5.74, 6) is -5.35. The molecule has 0 radical (unpaired) electrons. The molecular weight excluding hydrogens is 775 g/mol. The number of nitrogens with one attached hydrogen (secondary N) is 1. The standard InChI is InChI=1S/C46H54F2N4O8/c1-8-43-15-11-17-52-19-16-44(37(43)52)31-21-32(35(57-5)22-34(31)50(4)38(44)46(56,41(55)59-7)39(43)60-26(2)53)45(40(54)58-6)23-27-20-28(42(3,47)48)25-51(24-27)18-14-30-29-12-9-10-13-33(29)49-36(30)45/h9-13,15,20-22,27,37-39,49,56H,8,14,16-19,23-25H2,1-7H3/t27?,37-,38+,39+,43+,44+,45-,46-/m0/s1. The van der Waals surface area contributed by atoms with Crippen molar-refractivity contribution in [3.8, 4) is 5.75 Å². The van der Waals surface area contributed by atoms with Gasteiger partial charge in [0.1, 0.15) is 11.2 Å². The third-order valence-corrected chi connectivity index (χ3v) is 15.1. The third-order valence-electron chi connectivity index (χ3n) is 15.1. The summed E-state index contributed by atoms with van der Waals surface area (Å²) < 4.78 is 54.3. The predicted octanol–water partition coefficient (Wildman–Crippen LogP) is 5.04. The van der Waals surface area contributed by atoms with Crippen LogP contribution >= 0.6 is 0 Å². The smallest absolute Gasteiger partial charge is 0.344 e. The lowest BCUT2D eigenvalue weighted by molar-refractivity contribution is -0.228. The molecule has 1 aliphatic carbocycles. The number of ether oxygens (including phenoxy) is 4. The molecule has 0 amide bonds. The summed E-state index contributed by atoms with van der Waals surface area (Å²) in [6, 6.07) is 10.4. The highest BCUT2D eigenvalue weighted by Crippen LogP contribution is 2.68. The van der Waals surface area contributed by atoms with Gasteiger partial charge in [0.2, 0.25) is 5.60 Å². The number of nitrogens with zero attached hydrogens (tertiary/aromatic N) is 3. The van der Waals surface area contributed by atoms with Crippen molar-refractivity contribution < 1.29 is 47.2 Å². The Labute approximate surface area is 348 Å². The molecule has 60 heavy (non-hydrogen) atoms. The Morgan fingerprint density at radius 1 is 1.03 bits per heavy atom. The number of halogens is 2. The van der Waals surface area contributed by atoms with Crippen molar-refractivity contribution in [2.75, 3.05) is 66.0 Å². The summed E-state index contributed by atoms with van der Waals surface area (Å²) >= 11 is 0. The molecule has 1 aromatic heterocycles. The van der Waals surface area contributed by atoms with Crippen LogP contribution in [0.2, 0.25) is 0 Å². The van der Waals surface area contributed by atoms with E-state index in [-0.39, 0.29) is 24.6 Å². The maximum atomic E-state index is 15.3. The van der Waals surface area contributed by atoms with Gasteiger partial charge in [-0.3, -0.25) is 19.4 Å². The predicted molar refractivity (Wildman–Crippen MR) is 219 cm³/mol. The summed E-state index contributed by atoms with van der Waals surface area (Å²) in [6.07, 6.45) is 5.84. The highest BCUT2D eigenvalue weighted by atomic mass is 19.3. The number of carbonyl (C=O) groups excluding carboxylic acids is 3. The summed E-state index contributed by atoms with van der Waals surface area (Å²) in [5, 5.41) is 14.2. The van der Waals surface area contributed by atoms with Crippen molar-refractivity contribution in [3.05, 3.63) is 82.6 Å². The molecule has 9 rings (SSSR count). The second-order valence-electron chi connectivity index (χ2n) is 17.9. The van der Waals surface area contributed by atoms with E-state index in [9.17, 15) is 14.7 Å². The maximum Gasteiger partial charge on any atom is 0.344 e. The number of esters is 3. The van der Waals surface area contributed by atoms with Gasteiger partial charge in [0.15, 0.2) is 6.10 Å². The van der Waals surface area contributed by atoms with Crippen molar-refractivity contribution in [3.63, 3.8) is 0 Å². The molecule has 9 atom stereocenters. The largest absolute Gasteiger partial charge is 0.496 e. The van der Waals surface area contributed by atoms with Crippen LogP contribution in [0.3, 0.4) is 0 Å². The Balaban J connectivity index is 1.37. The van der Waals surface area contributed by atoms with Gasteiger partial charge in [-0.15, -0.1) is 0 Å². The number of fused-ring (bicyclic) bond motifs is 6. The second kappa shape index (κ2) is 13.9. The average molecular weight is 829 g/mol. The Morgan fingerprint density at radius 3 is 2.47 bits per heavy atom. The van der Waals surface area contributed by atoms with E-state index in [0.717, 1.165) is 29.0 Å². The molecule has 1 saturated carbocycles. The molecular formula is C46H54F2N4O8. The lowest BCUT2D eigenvalue weighted by Crippen LogP contribution is -2.81. The molecule has 2 N–H and O–H groups in total. The zero-order valence-corrected chi connectivity index (χ0v) is 35.3. The number of methoxy groups -OCH3 is 3. The summed E-state index contributed by atoms with van der Waals surface area (Å²) in [7, 11) is 5.92. The van der Waals surface area contributed by atoms with Crippen molar-refractivity contribution in [1.29, 1.82) is 0 Å². The molecule has 1 spiro atoms. The van der Waals surface area contributed by atoms with Crippen LogP contribution in [-0.4, -0.2) is 129 Å². The van der Waals surface area contributed by atoms with E-state index in [1.54, 1.807) is 6.08 Å². The van der Waals surface area contributed by atoms with Gasteiger partial charge in [0.25, 0.3) is 5.92 Å². The number of likely N-dealkylation sites (N-methyl/N-ethyl adjacent to an activating group) is 1. The summed E-state index contributed by atoms with van der Waals surface area (Å²) in [5.41, 5.74) is -1.70. The van der Waals surface area contributed by atoms with Crippen LogP contribution in [0.5, 0.6) is 5.75 Å². The van der Waals surface area contributed by atoms with Crippen LogP contribution < -0.4 is 9.64 Å². The van der Waals surface area contributed by atoms with Gasteiger partial charge in [-0.1, -0.05) is 43.4 Å². The van der Waals surface area contributed by atoms with Crippen LogP contribution in [0.25, 0.3) is 10.9 Å². The van der Waals surface area contributed by atoms with Crippen molar-refractivity contribution in [2.45, 2.75) is 87.0 Å². The first-order valence-corrected chi connectivity index (χ1v) is 20.9. The van der Waals surface area contributed by atoms with Crippen LogP contribution in [0.1, 0.15) is 62.4 Å². The van der Waals surface area contributed by atoms with E-state index >= 15 is 13.6 Å². The lowest BCUT2D eigenvalue weighted by atomic mass is 9.47. The first-order chi connectivity index (χ1) is 28.6. The number of alkyl halides is 2. The molecule has 2 bridgehead atoms. The van der Waals surface area contributed by atoms with Gasteiger partial charge in [0, 0.05) is 103 Å². The minimum atomic E-state index is -3.07. The van der Waals surface area contributed by atoms with E-state index < -0.39 is 63.7 Å². The lowest BCUT2D eigenvalue weighted by Gasteiger charge is -2.63. The fourth-order valence-corrected chi connectivity index (χ4v) is 13.0. The molecule has 2 aromatic carbocycles. The van der Waals surface area contributed by atoms with Crippen molar-refractivity contribution >= 4 is 34.5 Å². The number of aromatic amines is 1. The molecule has 6 aliphatic rings. The van der Waals surface area contributed by atoms with Gasteiger partial charge < -0.3 is 33.9 Å². The van der Waals surface area contributed by atoms with Crippen LogP contribution in [0, 0.1) is 11.3 Å². The molecule has 12 nitrogen and oxygen atoms in total. The van der Waals surface area contributed by atoms with Gasteiger partial charge in [-0.25, -0.2) is 13.6 Å². The SMILES string of the molecule is CC[C@]12C=CCN3CC[C@@]4(c5cc([C@@]6(C(=O)OC)CC7C=C(C(C)(F)F)CN(CCc8c6[nH]c6ccccc86)C7)c(OC)cc5N(C)[C@H]4[C@@](O)(C(=O)OC)[C@@H]1OC(C)=O)[C@@H]32. The number of anilines is 1. The average Bonchev–Trinajstić information content (AvgIpc) is 3.89. The number of aliphatic hydroxyl groups is 1. The normalized spacial score (nSPS) is 34.3. The number of H-pyrrole nitrogens is 1. The topological polar surface area (TPSA) is 134 Å². The summed E-state index contributed by atoms with van der Waals surface area (Å²) in [6.45, 7) is 6.45. The van der Waals surface area contributed by atoms with Crippen LogP contribution in [0.15, 0.2) is 60.2 Å². The van der Waals surface area contributed by atoms with E-state index in [1.807, 2.05) is 67.4 Å². The van der Waals surface area contributed by atoms with Crippen molar-refractivity contribution in [2.24, 2.45) is 11.3 Å². The molecule has 5 aliphatic heterocycles. The van der Waals surface area contributed by atoms with Gasteiger partial charge in [-0.2, -0.15) is 0 Å². The third kappa shape index (κ3) is 5.25. The van der Waals surface area contributed by atoms with E-state index in [0.29, 0.717) is 68.1 Å². The molecule has 2 fully saturated rings. The monoisotopic (exact) mass is 828 g/mol. The van der Waals surface area contributed by atoms with Gasteiger partial charge in [-0.05, 0) is 61.4 Å². The van der Waals surface area contributed by atoms with E-state index in [2.05, 4.69) is 14.8 Å². The Morgan fingerprint density at radius 2 is 1.78 bits per heavy atom. The first kappa shape index (κ1) is 40.6. The number of rotatable bonds is 7. The second-order valence-corrected chi connectivity index (χ2v) is 17.9. The van der Waals surface area contributed by atoms with Gasteiger partial charge >= 0.3 is 17.9 Å². The first-order valence-electron chi connectivity index (χ1n) is 20.9. The van der Waals surface area contributed by atoms with Crippen LogP contribution in [0.4, 0.5) is 14.5 Å². The number of carbonyl (C=O) groups is 3. The van der Waals surface area contributed by atoms with Crippen LogP contribution in [-0.2, 0) is 45.8 Å². The maximum absolute atomic E-state index is 15.3. The fourth-order valence-electron chi connectivity index (χ4n) is 13.0. The van der Waals surface area contributed by atoms with Gasteiger partial charge in [0.05, 0.1) is 27.4 Å². The number of para-hydroxylation sites is 1. The van der Waals surface area contributed by atoms with Crippen molar-refractivity contribution in [1.82, 2.24) is 14.8 Å². The minimum absolute atomic E-state index is 0.0103. The minimum Gasteiger partial charge on any atom is -0.496 e. The number of benzene rings is 2. The van der Waals surface area contributed by atoms with E-state index in [4.69, 9.17) is 18.9 Å². The fraction of sp³-hybridized carbons (Fsp3) is 0.543. The number of hydrogen-bond acceptors (Lipinski definition) is 11. The highest BCUT2D eigenvalue weighted by molar-refractivity contribution is 5.95. The molecule has 2 unspecified atom stereocenters. The zero-order chi connectivity index (χ0) is 42.7. The quantitative estimate of drug-likeness (QED) is 0.189. The molecule has 3 aromatic rings. The zero-order valence-electron chi connectivity index (χ0n) is 35.3. The Kier molecular flexibility index (Phi) is 9.38. The Bertz CT molecular complexity index is 2360.